The van der Waals surface area contributed by atoms with E-state index in [0.717, 1.165) is 46.9 Å². The highest BCUT2D eigenvalue weighted by Crippen LogP contribution is 2.35. The van der Waals surface area contributed by atoms with Crippen molar-refractivity contribution in [2.75, 3.05) is 0 Å². The van der Waals surface area contributed by atoms with Crippen molar-refractivity contribution in [3.8, 4) is 22.5 Å². The zero-order chi connectivity index (χ0) is 33.8. The van der Waals surface area contributed by atoms with Gasteiger partial charge in [-0.05, 0) is 93.6 Å². The molecule has 0 N–H and O–H groups in total. The normalized spacial score (nSPS) is 12.9. The van der Waals surface area contributed by atoms with Gasteiger partial charge in [-0.15, -0.1) is 0 Å². The number of aromatic nitrogens is 3. The maximum atomic E-state index is 6.42. The van der Waals surface area contributed by atoms with Gasteiger partial charge in [0.15, 0.2) is 8.07 Å². The Hall–Kier alpha value is -6.17. The van der Waals surface area contributed by atoms with Gasteiger partial charge < -0.3 is 8.98 Å². The number of hydrogen-bond donors (Lipinski definition) is 0. The monoisotopic (exact) mass is 673 g/mol. The summed E-state index contributed by atoms with van der Waals surface area (Å²) in [5, 5.41) is 12.4. The van der Waals surface area contributed by atoms with Gasteiger partial charge >= 0.3 is 0 Å². The van der Waals surface area contributed by atoms with Crippen LogP contribution in [0.2, 0.25) is 0 Å². The lowest BCUT2D eigenvalue weighted by molar-refractivity contribution is 0.669. The third-order valence-electron chi connectivity index (χ3n) is 10.7. The van der Waals surface area contributed by atoms with Gasteiger partial charge in [0, 0.05) is 40.2 Å². The fourth-order valence-electron chi connectivity index (χ4n) is 8.40. The third kappa shape index (κ3) is 4.77. The Bertz CT molecular complexity index is 2570. The molecule has 9 aromatic rings. The van der Waals surface area contributed by atoms with Crippen LogP contribution in [0.25, 0.3) is 44.4 Å². The Labute approximate surface area is 297 Å². The molecule has 6 aromatic carbocycles. The number of hydrogen-bond acceptors (Lipinski definition) is 2. The van der Waals surface area contributed by atoms with Gasteiger partial charge in [-0.2, -0.15) is 5.10 Å². The second-order valence-corrected chi connectivity index (χ2v) is 17.3. The van der Waals surface area contributed by atoms with Gasteiger partial charge in [0.05, 0.1) is 5.69 Å². The van der Waals surface area contributed by atoms with E-state index in [2.05, 4.69) is 184 Å². The Morgan fingerprint density at radius 3 is 1.86 bits per heavy atom. The third-order valence-corrected chi connectivity index (χ3v) is 15.5. The Morgan fingerprint density at radius 1 is 0.529 bits per heavy atom. The quantitative estimate of drug-likeness (QED) is 0.132. The summed E-state index contributed by atoms with van der Waals surface area (Å²) in [6.07, 6.45) is 7.24. The zero-order valence-electron chi connectivity index (χ0n) is 28.1. The predicted octanol–water partition coefficient (Wildman–Crippen LogP) is 8.10. The topological polar surface area (TPSA) is 35.9 Å². The first-order valence-electron chi connectivity index (χ1n) is 17.7. The molecule has 1 aliphatic heterocycles. The zero-order valence-corrected chi connectivity index (χ0v) is 29.1. The Kier molecular flexibility index (Phi) is 7.00. The van der Waals surface area contributed by atoms with Crippen LogP contribution in [0.4, 0.5) is 0 Å². The van der Waals surface area contributed by atoms with Gasteiger partial charge in [0.25, 0.3) is 0 Å². The highest BCUT2D eigenvalue weighted by Gasteiger charge is 2.41. The first-order valence-corrected chi connectivity index (χ1v) is 19.7. The SMILES string of the molecule is c1ccc([Si](c2ccccc2)(c2ccccc2)c2cccc(-c3ccc4oc5ccc(-n6ccc7c6CCCc6ccnn6-7)cc5c4c3)c2)cc1. The number of aryl methyl sites for hydroxylation is 1. The van der Waals surface area contributed by atoms with E-state index in [4.69, 9.17) is 4.42 Å². The summed E-state index contributed by atoms with van der Waals surface area (Å²) in [5.74, 6) is 0. The van der Waals surface area contributed by atoms with E-state index >= 15 is 0 Å². The second-order valence-electron chi connectivity index (χ2n) is 13.5. The van der Waals surface area contributed by atoms with E-state index in [0.29, 0.717) is 0 Å². The summed E-state index contributed by atoms with van der Waals surface area (Å²) >= 11 is 0. The lowest BCUT2D eigenvalue weighted by Gasteiger charge is -2.34. The van der Waals surface area contributed by atoms with Crippen LogP contribution in [0.5, 0.6) is 0 Å². The summed E-state index contributed by atoms with van der Waals surface area (Å²) in [7, 11) is -2.65. The molecule has 5 heteroatoms. The minimum absolute atomic E-state index is 0.899. The summed E-state index contributed by atoms with van der Waals surface area (Å²) in [6, 6.07) is 60.2. The molecule has 0 amide bonds. The Morgan fingerprint density at radius 2 is 1.16 bits per heavy atom. The van der Waals surface area contributed by atoms with Crippen LogP contribution in [-0.4, -0.2) is 22.4 Å². The van der Waals surface area contributed by atoms with Crippen molar-refractivity contribution in [1.29, 1.82) is 0 Å². The molecule has 1 aliphatic rings. The molecule has 0 saturated heterocycles. The molecule has 4 heterocycles. The predicted molar refractivity (Wildman–Crippen MR) is 211 cm³/mol. The minimum Gasteiger partial charge on any atom is -0.456 e. The maximum Gasteiger partial charge on any atom is 0.179 e. The largest absolute Gasteiger partial charge is 0.456 e. The summed E-state index contributed by atoms with van der Waals surface area (Å²) in [5.41, 5.74) is 9.06. The molecule has 10 rings (SSSR count). The number of furan rings is 1. The van der Waals surface area contributed by atoms with Gasteiger partial charge in [-0.1, -0.05) is 121 Å². The average Bonchev–Trinajstić information content (AvgIpc) is 3.91. The second kappa shape index (κ2) is 12.0. The fourth-order valence-corrected chi connectivity index (χ4v) is 13.2. The molecule has 3 aromatic heterocycles. The number of rotatable bonds is 6. The maximum absolute atomic E-state index is 6.42. The standard InChI is InChI=1S/C46H35N3OSi/c1-4-14-37(15-5-1)51(38-16-6-2-7-17-38,39-18-8-3-9-19-39)40-20-10-12-33(30-40)34-22-24-45-41(31-34)42-32-36(23-25-46(42)50-45)48-29-27-44-43(48)21-11-13-35-26-28-47-49(35)44/h1-10,12,14-20,22-32H,11,13,21H2. The molecule has 0 spiro atoms. The van der Waals surface area contributed by atoms with Crippen LogP contribution >= 0.6 is 0 Å². The van der Waals surface area contributed by atoms with Crippen molar-refractivity contribution in [3.63, 3.8) is 0 Å². The molecule has 0 unspecified atom stereocenters. The van der Waals surface area contributed by atoms with Crippen LogP contribution in [0.15, 0.2) is 181 Å². The molecule has 0 saturated carbocycles. The van der Waals surface area contributed by atoms with Gasteiger partial charge in [-0.25, -0.2) is 4.68 Å². The van der Waals surface area contributed by atoms with E-state index in [1.807, 2.05) is 6.20 Å². The summed E-state index contributed by atoms with van der Waals surface area (Å²) in [6.45, 7) is 0. The highest BCUT2D eigenvalue weighted by molar-refractivity contribution is 7.19. The van der Waals surface area contributed by atoms with Crippen LogP contribution in [-0.2, 0) is 12.8 Å². The first-order chi connectivity index (χ1) is 25.3. The van der Waals surface area contributed by atoms with E-state index in [1.54, 1.807) is 0 Å². The molecule has 4 nitrogen and oxygen atoms in total. The van der Waals surface area contributed by atoms with Crippen molar-refractivity contribution in [3.05, 3.63) is 188 Å². The molecule has 0 atom stereocenters. The van der Waals surface area contributed by atoms with Gasteiger partial charge in [-0.3, -0.25) is 0 Å². The van der Waals surface area contributed by atoms with Crippen molar-refractivity contribution >= 4 is 50.8 Å². The molecule has 0 aliphatic carbocycles. The summed E-state index contributed by atoms with van der Waals surface area (Å²) in [4.78, 5) is 0. The molecule has 51 heavy (non-hydrogen) atoms. The minimum atomic E-state index is -2.65. The van der Waals surface area contributed by atoms with Gasteiger partial charge in [0.2, 0.25) is 0 Å². The summed E-state index contributed by atoms with van der Waals surface area (Å²) < 4.78 is 10.9. The van der Waals surface area contributed by atoms with Crippen LogP contribution in [0.3, 0.4) is 0 Å². The van der Waals surface area contributed by atoms with Crippen LogP contribution < -0.4 is 20.7 Å². The van der Waals surface area contributed by atoms with Crippen LogP contribution in [0, 0.1) is 0 Å². The fraction of sp³-hybridized carbons (Fsp3) is 0.0652. The molecule has 0 bridgehead atoms. The van der Waals surface area contributed by atoms with Gasteiger partial charge in [0.1, 0.15) is 11.2 Å². The number of benzene rings is 6. The van der Waals surface area contributed by atoms with E-state index in [-0.39, 0.29) is 0 Å². The smallest absolute Gasteiger partial charge is 0.179 e. The van der Waals surface area contributed by atoms with Crippen molar-refractivity contribution < 1.29 is 4.42 Å². The molecular weight excluding hydrogens is 639 g/mol. The number of nitrogens with zero attached hydrogens (tertiary/aromatic N) is 3. The lowest BCUT2D eigenvalue weighted by Crippen LogP contribution is -2.74. The lowest BCUT2D eigenvalue weighted by atomic mass is 10.0. The van der Waals surface area contributed by atoms with Crippen molar-refractivity contribution in [2.45, 2.75) is 19.3 Å². The Balaban J connectivity index is 1.12. The molecule has 244 valence electrons. The van der Waals surface area contributed by atoms with E-state index < -0.39 is 8.07 Å². The molecule has 0 radical (unpaired) electrons. The van der Waals surface area contributed by atoms with E-state index in [1.165, 1.54) is 48.9 Å². The highest BCUT2D eigenvalue weighted by atomic mass is 28.3. The molecule has 0 fully saturated rings. The van der Waals surface area contributed by atoms with E-state index in [9.17, 15) is 0 Å². The van der Waals surface area contributed by atoms with Crippen molar-refractivity contribution in [1.82, 2.24) is 14.3 Å². The van der Waals surface area contributed by atoms with Crippen LogP contribution in [0.1, 0.15) is 17.8 Å². The van der Waals surface area contributed by atoms with Crippen molar-refractivity contribution in [2.24, 2.45) is 0 Å². The first kappa shape index (κ1) is 29.7. The molecular formula is C46H35N3OSi. The number of fused-ring (bicyclic) bond motifs is 6. The average molecular weight is 674 g/mol.